The van der Waals surface area contributed by atoms with Crippen molar-refractivity contribution in [3.63, 3.8) is 0 Å². The molecule has 1 atom stereocenters. The van der Waals surface area contributed by atoms with E-state index in [0.717, 1.165) is 70.6 Å². The number of carbonyl (C=O) groups is 3. The molecule has 0 radical (unpaired) electrons. The number of hydrogen-bond donors (Lipinski definition) is 0. The first-order valence-corrected chi connectivity index (χ1v) is 30.9. The van der Waals surface area contributed by atoms with E-state index in [-0.39, 0.29) is 31.1 Å². The van der Waals surface area contributed by atoms with Crippen LogP contribution < -0.4 is 0 Å². The molecule has 6 heteroatoms. The SMILES string of the molecule is CCCCCCCCC/C=C\C=C/CCCCCC(=O)OC(COC(=O)CCCCCCCCCCCCCCCCCC)COC(=O)CCCCCCCCCCCCCCCCCCCCC. The van der Waals surface area contributed by atoms with Crippen molar-refractivity contribution in [2.24, 2.45) is 0 Å². The van der Waals surface area contributed by atoms with Crippen LogP contribution in [0.5, 0.6) is 0 Å². The second-order valence-corrected chi connectivity index (χ2v) is 21.0. The largest absolute Gasteiger partial charge is 0.462 e. The van der Waals surface area contributed by atoms with Gasteiger partial charge in [-0.2, -0.15) is 0 Å². The predicted molar refractivity (Wildman–Crippen MR) is 298 cm³/mol. The molecule has 0 aliphatic heterocycles. The van der Waals surface area contributed by atoms with E-state index in [1.54, 1.807) is 0 Å². The van der Waals surface area contributed by atoms with Gasteiger partial charge in [-0.05, 0) is 44.9 Å². The summed E-state index contributed by atoms with van der Waals surface area (Å²) in [7, 11) is 0. The Balaban J connectivity index is 4.34. The maximum absolute atomic E-state index is 12.9. The van der Waals surface area contributed by atoms with Crippen molar-refractivity contribution in [3.05, 3.63) is 24.3 Å². The fourth-order valence-corrected chi connectivity index (χ4v) is 9.32. The Kier molecular flexibility index (Phi) is 56.7. The Hall–Kier alpha value is -2.11. The lowest BCUT2D eigenvalue weighted by molar-refractivity contribution is -0.167. The Labute approximate surface area is 430 Å². The molecule has 0 aromatic rings. The number of esters is 3. The Morgan fingerprint density at radius 3 is 0.783 bits per heavy atom. The van der Waals surface area contributed by atoms with Crippen LogP contribution in [0.15, 0.2) is 24.3 Å². The molecule has 0 rings (SSSR count). The zero-order valence-electron chi connectivity index (χ0n) is 46.6. The van der Waals surface area contributed by atoms with Crippen molar-refractivity contribution in [1.82, 2.24) is 0 Å². The monoisotopic (exact) mass is 971 g/mol. The lowest BCUT2D eigenvalue weighted by Crippen LogP contribution is -2.30. The van der Waals surface area contributed by atoms with E-state index in [1.165, 1.54) is 231 Å². The summed E-state index contributed by atoms with van der Waals surface area (Å²) < 4.78 is 16.9. The summed E-state index contributed by atoms with van der Waals surface area (Å²) >= 11 is 0. The minimum absolute atomic E-state index is 0.0761. The summed E-state index contributed by atoms with van der Waals surface area (Å²) in [5.74, 6) is -0.877. The highest BCUT2D eigenvalue weighted by Crippen LogP contribution is 2.17. The van der Waals surface area contributed by atoms with Gasteiger partial charge in [-0.15, -0.1) is 0 Å². The van der Waals surface area contributed by atoms with Crippen LogP contribution in [0, 0.1) is 0 Å². The van der Waals surface area contributed by atoms with Crippen molar-refractivity contribution in [2.45, 2.75) is 348 Å². The fraction of sp³-hybridized carbons (Fsp3) is 0.889. The van der Waals surface area contributed by atoms with Gasteiger partial charge >= 0.3 is 17.9 Å². The van der Waals surface area contributed by atoms with Gasteiger partial charge in [0.05, 0.1) is 0 Å². The summed E-state index contributed by atoms with van der Waals surface area (Å²) in [6.07, 6.45) is 68.9. The first kappa shape index (κ1) is 66.9. The van der Waals surface area contributed by atoms with Crippen LogP contribution in [-0.2, 0) is 28.6 Å². The van der Waals surface area contributed by atoms with Gasteiger partial charge in [0.15, 0.2) is 6.10 Å². The highest BCUT2D eigenvalue weighted by Gasteiger charge is 2.19. The smallest absolute Gasteiger partial charge is 0.306 e. The molecule has 0 bridgehead atoms. The van der Waals surface area contributed by atoms with Crippen LogP contribution in [0.25, 0.3) is 0 Å². The molecule has 0 fully saturated rings. The van der Waals surface area contributed by atoms with E-state index < -0.39 is 6.10 Å². The van der Waals surface area contributed by atoms with E-state index in [1.807, 2.05) is 0 Å². The maximum atomic E-state index is 12.9. The second kappa shape index (κ2) is 58.5. The van der Waals surface area contributed by atoms with E-state index in [9.17, 15) is 14.4 Å². The molecule has 6 nitrogen and oxygen atoms in total. The van der Waals surface area contributed by atoms with Crippen LogP contribution in [0.3, 0.4) is 0 Å². The third kappa shape index (κ3) is 56.7. The van der Waals surface area contributed by atoms with E-state index in [4.69, 9.17) is 14.2 Å². The van der Waals surface area contributed by atoms with Crippen LogP contribution >= 0.6 is 0 Å². The number of hydrogen-bond acceptors (Lipinski definition) is 6. The quantitative estimate of drug-likeness (QED) is 0.0261. The van der Waals surface area contributed by atoms with E-state index in [0.29, 0.717) is 19.3 Å². The lowest BCUT2D eigenvalue weighted by atomic mass is 10.0. The number of rotatable bonds is 57. The number of unbranched alkanes of at least 4 members (excludes halogenated alkanes) is 43. The average Bonchev–Trinajstić information content (AvgIpc) is 3.35. The van der Waals surface area contributed by atoms with E-state index in [2.05, 4.69) is 45.1 Å². The molecular weight excluding hydrogens is 853 g/mol. The topological polar surface area (TPSA) is 78.9 Å². The van der Waals surface area contributed by atoms with Gasteiger partial charge in [0.2, 0.25) is 0 Å². The molecular formula is C63H118O6. The second-order valence-electron chi connectivity index (χ2n) is 21.0. The number of ether oxygens (including phenoxy) is 3. The van der Waals surface area contributed by atoms with Crippen LogP contribution in [-0.4, -0.2) is 37.2 Å². The highest BCUT2D eigenvalue weighted by atomic mass is 16.6. The molecule has 0 heterocycles. The van der Waals surface area contributed by atoms with Gasteiger partial charge in [-0.1, -0.05) is 302 Å². The molecule has 0 amide bonds. The zero-order chi connectivity index (χ0) is 50.0. The molecule has 0 aromatic heterocycles. The summed E-state index contributed by atoms with van der Waals surface area (Å²) in [6, 6.07) is 0. The first-order valence-electron chi connectivity index (χ1n) is 30.9. The Morgan fingerprint density at radius 2 is 0.507 bits per heavy atom. The molecule has 0 saturated heterocycles. The molecule has 0 aliphatic rings. The fourth-order valence-electron chi connectivity index (χ4n) is 9.32. The minimum atomic E-state index is -0.780. The first-order chi connectivity index (χ1) is 34.0. The van der Waals surface area contributed by atoms with Crippen molar-refractivity contribution >= 4 is 17.9 Å². The van der Waals surface area contributed by atoms with Crippen molar-refractivity contribution in [3.8, 4) is 0 Å². The summed E-state index contributed by atoms with van der Waals surface area (Å²) in [5.41, 5.74) is 0. The molecule has 1 unspecified atom stereocenters. The molecule has 0 aliphatic carbocycles. The third-order valence-electron chi connectivity index (χ3n) is 14.0. The molecule has 0 saturated carbocycles. The van der Waals surface area contributed by atoms with Crippen molar-refractivity contribution in [1.29, 1.82) is 0 Å². The molecule has 69 heavy (non-hydrogen) atoms. The average molecular weight is 972 g/mol. The van der Waals surface area contributed by atoms with Gasteiger partial charge < -0.3 is 14.2 Å². The minimum Gasteiger partial charge on any atom is -0.462 e. The summed E-state index contributed by atoms with van der Waals surface area (Å²) in [5, 5.41) is 0. The normalized spacial score (nSPS) is 12.1. The summed E-state index contributed by atoms with van der Waals surface area (Å²) in [6.45, 7) is 6.68. The maximum Gasteiger partial charge on any atom is 0.306 e. The third-order valence-corrected chi connectivity index (χ3v) is 14.0. The van der Waals surface area contributed by atoms with Crippen molar-refractivity contribution in [2.75, 3.05) is 13.2 Å². The molecule has 0 aromatic carbocycles. The van der Waals surface area contributed by atoms with Crippen molar-refractivity contribution < 1.29 is 28.6 Å². The number of carbonyl (C=O) groups excluding carboxylic acids is 3. The highest BCUT2D eigenvalue weighted by molar-refractivity contribution is 5.71. The van der Waals surface area contributed by atoms with Gasteiger partial charge in [-0.25, -0.2) is 0 Å². The van der Waals surface area contributed by atoms with Crippen LogP contribution in [0.1, 0.15) is 342 Å². The predicted octanol–water partition coefficient (Wildman–Crippen LogP) is 20.7. The van der Waals surface area contributed by atoms with Gasteiger partial charge in [0.1, 0.15) is 13.2 Å². The Bertz CT molecular complexity index is 1110. The molecule has 0 spiro atoms. The standard InChI is InChI=1S/C63H118O6/c1-4-7-10-13-16-19-22-25-28-31-32-33-36-38-41-44-47-50-53-56-62(65)68-59-60(69-63(66)57-54-51-48-45-42-39-35-30-27-24-21-18-15-12-9-6-3)58-67-61(64)55-52-49-46-43-40-37-34-29-26-23-20-17-14-11-8-5-2/h30,35,39,42,60H,4-29,31-34,36-38,40-41,43-59H2,1-3H3/b35-30-,42-39-. The zero-order valence-corrected chi connectivity index (χ0v) is 46.6. The van der Waals surface area contributed by atoms with Gasteiger partial charge in [0, 0.05) is 19.3 Å². The Morgan fingerprint density at radius 1 is 0.290 bits per heavy atom. The molecule has 0 N–H and O–H groups in total. The lowest BCUT2D eigenvalue weighted by Gasteiger charge is -2.18. The van der Waals surface area contributed by atoms with Crippen LogP contribution in [0.2, 0.25) is 0 Å². The van der Waals surface area contributed by atoms with Gasteiger partial charge in [0.25, 0.3) is 0 Å². The van der Waals surface area contributed by atoms with E-state index >= 15 is 0 Å². The van der Waals surface area contributed by atoms with Crippen LogP contribution in [0.4, 0.5) is 0 Å². The summed E-state index contributed by atoms with van der Waals surface area (Å²) in [4.78, 5) is 38.2. The molecule has 406 valence electrons. The number of allylic oxidation sites excluding steroid dienone is 4. The van der Waals surface area contributed by atoms with Gasteiger partial charge in [-0.3, -0.25) is 14.4 Å².